The first-order valence-electron chi connectivity index (χ1n) is 24.4. The second kappa shape index (κ2) is 15.8. The Kier molecular flexibility index (Phi) is 9.38. The lowest BCUT2D eigenvalue weighted by molar-refractivity contribution is 0.350. The first-order chi connectivity index (χ1) is 32.6. The van der Waals surface area contributed by atoms with Crippen LogP contribution in [-0.2, 0) is 10.8 Å². The highest BCUT2D eigenvalue weighted by Gasteiger charge is 2.49. The number of aromatic nitrogens is 2. The molecular formula is C64H52N2. The van der Waals surface area contributed by atoms with Crippen LogP contribution in [0.3, 0.4) is 0 Å². The van der Waals surface area contributed by atoms with Crippen LogP contribution in [0.4, 0.5) is 0 Å². The fraction of sp³-hybridized carbons (Fsp3) is 0.188. The van der Waals surface area contributed by atoms with Gasteiger partial charge in [0.05, 0.1) is 11.4 Å². The van der Waals surface area contributed by atoms with Gasteiger partial charge >= 0.3 is 0 Å². The van der Waals surface area contributed by atoms with Crippen molar-refractivity contribution in [2.45, 2.75) is 75.0 Å². The molecular weight excluding hydrogens is 797 g/mol. The summed E-state index contributed by atoms with van der Waals surface area (Å²) in [4.78, 5) is 10.2. The fourth-order valence-corrected chi connectivity index (χ4v) is 12.6. The molecule has 2 heteroatoms. The van der Waals surface area contributed by atoms with Crippen LogP contribution >= 0.6 is 0 Å². The van der Waals surface area contributed by atoms with Crippen LogP contribution in [0.1, 0.15) is 86.5 Å². The van der Waals surface area contributed by atoms with E-state index in [0.29, 0.717) is 0 Å². The molecule has 0 amide bonds. The first kappa shape index (κ1) is 39.2. The van der Waals surface area contributed by atoms with Crippen molar-refractivity contribution in [1.82, 2.24) is 9.97 Å². The van der Waals surface area contributed by atoms with Crippen molar-refractivity contribution >= 4 is 0 Å². The van der Waals surface area contributed by atoms with Crippen LogP contribution in [0.5, 0.6) is 0 Å². The Labute approximate surface area is 389 Å². The monoisotopic (exact) mass is 848 g/mol. The van der Waals surface area contributed by atoms with Crippen LogP contribution in [0.15, 0.2) is 194 Å². The summed E-state index contributed by atoms with van der Waals surface area (Å²) in [6.07, 6.45) is 13.0. The van der Waals surface area contributed by atoms with Crippen molar-refractivity contribution in [2.75, 3.05) is 0 Å². The average Bonchev–Trinajstić information content (AvgIpc) is 3.80. The van der Waals surface area contributed by atoms with Gasteiger partial charge in [0.1, 0.15) is 0 Å². The van der Waals surface area contributed by atoms with E-state index in [1.165, 1.54) is 120 Å². The van der Waals surface area contributed by atoms with E-state index in [2.05, 4.69) is 176 Å². The van der Waals surface area contributed by atoms with E-state index in [-0.39, 0.29) is 10.8 Å². The molecule has 2 fully saturated rings. The molecule has 8 aromatic carbocycles. The largest absolute Gasteiger partial charge is 0.228 e. The van der Waals surface area contributed by atoms with Crippen molar-refractivity contribution in [3.8, 4) is 89.5 Å². The van der Waals surface area contributed by atoms with Gasteiger partial charge in [-0.2, -0.15) is 0 Å². The molecule has 4 aliphatic rings. The second-order valence-corrected chi connectivity index (χ2v) is 19.5. The number of hydrogen-bond donors (Lipinski definition) is 0. The first-order valence-corrected chi connectivity index (χ1v) is 24.4. The molecule has 318 valence electrons. The van der Waals surface area contributed by atoms with E-state index < -0.39 is 0 Å². The number of fused-ring (bicyclic) bond motifs is 10. The van der Waals surface area contributed by atoms with Gasteiger partial charge in [0.15, 0.2) is 5.82 Å². The van der Waals surface area contributed by atoms with E-state index in [1.807, 2.05) is 18.2 Å². The topological polar surface area (TPSA) is 25.8 Å². The smallest absolute Gasteiger partial charge is 0.160 e. The number of nitrogens with zero attached hydrogens (tertiary/aromatic N) is 2. The van der Waals surface area contributed by atoms with Gasteiger partial charge in [0.2, 0.25) is 0 Å². The summed E-state index contributed by atoms with van der Waals surface area (Å²) in [7, 11) is 0. The highest BCUT2D eigenvalue weighted by molar-refractivity contribution is 5.91. The van der Waals surface area contributed by atoms with Gasteiger partial charge in [-0.3, -0.25) is 0 Å². The van der Waals surface area contributed by atoms with Gasteiger partial charge in [-0.05, 0) is 128 Å². The van der Waals surface area contributed by atoms with Gasteiger partial charge in [-0.1, -0.05) is 208 Å². The number of benzene rings is 8. The Hall–Kier alpha value is -7.16. The quantitative estimate of drug-likeness (QED) is 0.167. The van der Waals surface area contributed by atoms with Gasteiger partial charge in [0, 0.05) is 27.5 Å². The third kappa shape index (κ3) is 6.37. The Morgan fingerprint density at radius 3 is 1.17 bits per heavy atom. The summed E-state index contributed by atoms with van der Waals surface area (Å²) >= 11 is 0. The lowest BCUT2D eigenvalue weighted by Gasteiger charge is -2.37. The van der Waals surface area contributed by atoms with E-state index in [9.17, 15) is 0 Å². The normalized spacial score (nSPS) is 16.1. The minimum Gasteiger partial charge on any atom is -0.228 e. The maximum absolute atomic E-state index is 5.12. The predicted octanol–water partition coefficient (Wildman–Crippen LogP) is 16.9. The Morgan fingerprint density at radius 2 is 0.636 bits per heavy atom. The van der Waals surface area contributed by atoms with Crippen molar-refractivity contribution in [2.24, 2.45) is 0 Å². The molecule has 66 heavy (non-hydrogen) atoms. The highest BCUT2D eigenvalue weighted by Crippen LogP contribution is 2.62. The van der Waals surface area contributed by atoms with Crippen molar-refractivity contribution < 1.29 is 0 Å². The van der Waals surface area contributed by atoms with Crippen LogP contribution < -0.4 is 0 Å². The zero-order valence-corrected chi connectivity index (χ0v) is 37.4. The molecule has 2 saturated carbocycles. The predicted molar refractivity (Wildman–Crippen MR) is 273 cm³/mol. The molecule has 9 aromatic rings. The maximum atomic E-state index is 5.12. The second-order valence-electron chi connectivity index (χ2n) is 19.5. The van der Waals surface area contributed by atoms with Gasteiger partial charge < -0.3 is 0 Å². The minimum absolute atomic E-state index is 0.0895. The molecule has 4 aliphatic carbocycles. The lowest BCUT2D eigenvalue weighted by atomic mass is 9.66. The fourth-order valence-electron chi connectivity index (χ4n) is 12.6. The van der Waals surface area contributed by atoms with E-state index in [1.54, 1.807) is 22.3 Å². The summed E-state index contributed by atoms with van der Waals surface area (Å²) < 4.78 is 0. The van der Waals surface area contributed by atoms with Crippen LogP contribution in [0.2, 0.25) is 0 Å². The molecule has 0 N–H and O–H groups in total. The molecule has 0 radical (unpaired) electrons. The van der Waals surface area contributed by atoms with E-state index in [4.69, 9.17) is 9.97 Å². The molecule has 2 spiro atoms. The number of hydrogen-bond acceptors (Lipinski definition) is 2. The summed E-state index contributed by atoms with van der Waals surface area (Å²) in [6, 6.07) is 72.0. The lowest BCUT2D eigenvalue weighted by Crippen LogP contribution is -2.29. The standard InChI is InChI=1S/C64H52N2/c1-5-15-43(16-6-1)44-25-29-48(30-26-44)60-42-61(66-62(65-60)50-17-7-2-8-18-50)49-31-27-46(28-32-49)45-21-23-47(24-22-45)51-33-34-53-55-41-58-54(40-59(55)64(57(53)39-51)37-13-4-14-38-64)52-19-9-10-20-56(52)63(58)35-11-3-12-36-63/h1-2,5-10,15-34,39-42H,3-4,11-14,35-38H2. The average molecular weight is 849 g/mol. The van der Waals surface area contributed by atoms with Crippen molar-refractivity contribution in [3.63, 3.8) is 0 Å². The van der Waals surface area contributed by atoms with Gasteiger partial charge in [-0.15, -0.1) is 0 Å². The van der Waals surface area contributed by atoms with E-state index >= 15 is 0 Å². The van der Waals surface area contributed by atoms with Gasteiger partial charge in [0.25, 0.3) is 0 Å². The molecule has 2 nitrogen and oxygen atoms in total. The zero-order chi connectivity index (χ0) is 43.7. The maximum Gasteiger partial charge on any atom is 0.160 e. The molecule has 0 aliphatic heterocycles. The molecule has 1 heterocycles. The Morgan fingerprint density at radius 1 is 0.258 bits per heavy atom. The van der Waals surface area contributed by atoms with Crippen molar-refractivity contribution in [3.05, 3.63) is 216 Å². The molecule has 0 atom stereocenters. The summed E-state index contributed by atoms with van der Waals surface area (Å²) in [5.74, 6) is 0.724. The van der Waals surface area contributed by atoms with E-state index in [0.717, 1.165) is 33.9 Å². The molecule has 1 aromatic heterocycles. The summed E-state index contributed by atoms with van der Waals surface area (Å²) in [5.41, 5.74) is 25.0. The molecule has 0 saturated heterocycles. The summed E-state index contributed by atoms with van der Waals surface area (Å²) in [6.45, 7) is 0. The van der Waals surface area contributed by atoms with Crippen LogP contribution in [0, 0.1) is 0 Å². The molecule has 0 unspecified atom stereocenters. The van der Waals surface area contributed by atoms with Gasteiger partial charge in [-0.25, -0.2) is 9.97 Å². The zero-order valence-electron chi connectivity index (χ0n) is 37.4. The minimum atomic E-state index is 0.0895. The molecule has 0 bridgehead atoms. The van der Waals surface area contributed by atoms with Crippen molar-refractivity contribution in [1.29, 1.82) is 0 Å². The number of rotatable bonds is 6. The Balaban J connectivity index is 0.810. The third-order valence-electron chi connectivity index (χ3n) is 15.9. The van der Waals surface area contributed by atoms with Crippen LogP contribution in [-0.4, -0.2) is 9.97 Å². The van der Waals surface area contributed by atoms with Crippen LogP contribution in [0.25, 0.3) is 89.5 Å². The summed E-state index contributed by atoms with van der Waals surface area (Å²) in [5, 5.41) is 0. The Bertz CT molecular complexity index is 3260. The molecule has 13 rings (SSSR count). The third-order valence-corrected chi connectivity index (χ3v) is 15.9. The highest BCUT2D eigenvalue weighted by atomic mass is 14.9. The SMILES string of the molecule is c1ccc(-c2ccc(-c3cc(-c4ccc(-c5ccc(-c6ccc7c(c6)C6(CCCCC6)c6cc8c(cc6-7)C6(CCCCC6)c6ccccc6-8)cc5)cc4)nc(-c4ccccc4)n3)cc2)cc1.